The molecule has 1 aliphatic rings. The van der Waals surface area contributed by atoms with Gasteiger partial charge in [-0.15, -0.1) is 10.2 Å². The number of anilines is 1. The number of carbonyl (C=O) groups is 1. The third-order valence-electron chi connectivity index (χ3n) is 5.45. The van der Waals surface area contributed by atoms with Crippen LogP contribution in [0.2, 0.25) is 0 Å². The van der Waals surface area contributed by atoms with Crippen molar-refractivity contribution < 1.29 is 19.0 Å². The van der Waals surface area contributed by atoms with E-state index in [0.29, 0.717) is 38.5 Å². The first kappa shape index (κ1) is 22.4. The van der Waals surface area contributed by atoms with Gasteiger partial charge in [-0.25, -0.2) is 0 Å². The maximum Gasteiger partial charge on any atom is 0.260 e. The summed E-state index contributed by atoms with van der Waals surface area (Å²) >= 11 is 0. The summed E-state index contributed by atoms with van der Waals surface area (Å²) in [7, 11) is 1.64. The normalized spacial score (nSPS) is 13.5. The van der Waals surface area contributed by atoms with E-state index in [1.165, 1.54) is 0 Å². The molecular weight excluding hydrogens is 420 g/mol. The molecule has 0 aliphatic carbocycles. The van der Waals surface area contributed by atoms with Gasteiger partial charge in [-0.2, -0.15) is 0 Å². The van der Waals surface area contributed by atoms with Gasteiger partial charge in [0, 0.05) is 37.8 Å². The minimum absolute atomic E-state index is 0.00458. The van der Waals surface area contributed by atoms with Crippen molar-refractivity contribution in [1.29, 1.82) is 0 Å². The first-order valence-corrected chi connectivity index (χ1v) is 11.0. The summed E-state index contributed by atoms with van der Waals surface area (Å²) in [5, 5.41) is 8.78. The quantitative estimate of drug-likeness (QED) is 0.523. The molecule has 1 amide bonds. The van der Waals surface area contributed by atoms with Crippen LogP contribution in [-0.2, 0) is 4.79 Å². The van der Waals surface area contributed by atoms with Gasteiger partial charge in [0.15, 0.2) is 12.4 Å². The number of amides is 1. The van der Waals surface area contributed by atoms with Gasteiger partial charge in [-0.05, 0) is 43.3 Å². The lowest BCUT2D eigenvalue weighted by molar-refractivity contribution is -0.133. The standard InChI is InChI=1S/C25H28N4O4/c1-3-32-21-8-5-9-22(17-21)33-18-25(30)29-14-12-28(13-15-29)24-11-10-23(26-27-24)19-6-4-7-20(16-19)31-2/h4-11,16-17H,3,12-15,18H2,1-2H3. The maximum absolute atomic E-state index is 12.6. The van der Waals surface area contributed by atoms with Crippen molar-refractivity contribution in [3.05, 3.63) is 60.7 Å². The lowest BCUT2D eigenvalue weighted by Crippen LogP contribution is -2.50. The number of ether oxygens (including phenoxy) is 3. The minimum atomic E-state index is -0.0316. The molecule has 0 unspecified atom stereocenters. The van der Waals surface area contributed by atoms with Crippen molar-refractivity contribution in [2.75, 3.05) is 51.4 Å². The number of hydrogen-bond acceptors (Lipinski definition) is 7. The van der Waals surface area contributed by atoms with Crippen LogP contribution in [0.1, 0.15) is 6.92 Å². The van der Waals surface area contributed by atoms with E-state index in [1.807, 2.05) is 66.4 Å². The highest BCUT2D eigenvalue weighted by Crippen LogP contribution is 2.23. The van der Waals surface area contributed by atoms with Gasteiger partial charge in [0.2, 0.25) is 0 Å². The lowest BCUT2D eigenvalue weighted by atomic mass is 10.1. The van der Waals surface area contributed by atoms with E-state index in [9.17, 15) is 4.79 Å². The molecule has 8 heteroatoms. The zero-order valence-electron chi connectivity index (χ0n) is 18.9. The zero-order chi connectivity index (χ0) is 23.0. The van der Waals surface area contributed by atoms with E-state index < -0.39 is 0 Å². The highest BCUT2D eigenvalue weighted by Gasteiger charge is 2.22. The maximum atomic E-state index is 12.6. The number of piperazine rings is 1. The average Bonchev–Trinajstić information content (AvgIpc) is 2.88. The molecule has 1 saturated heterocycles. The molecule has 8 nitrogen and oxygen atoms in total. The second kappa shape index (κ2) is 10.7. The number of rotatable bonds is 8. The smallest absolute Gasteiger partial charge is 0.260 e. The Morgan fingerprint density at radius 2 is 1.61 bits per heavy atom. The zero-order valence-corrected chi connectivity index (χ0v) is 18.9. The van der Waals surface area contributed by atoms with Crippen LogP contribution in [0.5, 0.6) is 17.2 Å². The van der Waals surface area contributed by atoms with Crippen molar-refractivity contribution in [1.82, 2.24) is 15.1 Å². The molecule has 3 aromatic rings. The Bertz CT molecular complexity index is 1070. The van der Waals surface area contributed by atoms with Crippen LogP contribution in [0.25, 0.3) is 11.3 Å². The van der Waals surface area contributed by atoms with Gasteiger partial charge in [-0.1, -0.05) is 18.2 Å². The van der Waals surface area contributed by atoms with Crippen molar-refractivity contribution >= 4 is 11.7 Å². The van der Waals surface area contributed by atoms with Crippen molar-refractivity contribution in [2.45, 2.75) is 6.92 Å². The van der Waals surface area contributed by atoms with Gasteiger partial charge >= 0.3 is 0 Å². The Hall–Kier alpha value is -3.81. The molecule has 1 aromatic heterocycles. The number of carbonyl (C=O) groups excluding carboxylic acids is 1. The molecule has 33 heavy (non-hydrogen) atoms. The van der Waals surface area contributed by atoms with E-state index in [1.54, 1.807) is 13.2 Å². The minimum Gasteiger partial charge on any atom is -0.497 e. The van der Waals surface area contributed by atoms with Crippen molar-refractivity contribution in [3.8, 4) is 28.5 Å². The van der Waals surface area contributed by atoms with Crippen molar-refractivity contribution in [2.24, 2.45) is 0 Å². The Labute approximate surface area is 193 Å². The molecule has 0 atom stereocenters. The van der Waals surface area contributed by atoms with E-state index in [4.69, 9.17) is 14.2 Å². The Morgan fingerprint density at radius 1 is 0.879 bits per heavy atom. The third kappa shape index (κ3) is 5.71. The second-order valence-electron chi connectivity index (χ2n) is 7.57. The van der Waals surface area contributed by atoms with Crippen LogP contribution in [0.15, 0.2) is 60.7 Å². The summed E-state index contributed by atoms with van der Waals surface area (Å²) in [5.41, 5.74) is 1.74. The molecule has 172 valence electrons. The van der Waals surface area contributed by atoms with Crippen LogP contribution in [0, 0.1) is 0 Å². The first-order valence-electron chi connectivity index (χ1n) is 11.0. The fraction of sp³-hybridized carbons (Fsp3) is 0.320. The first-order chi connectivity index (χ1) is 16.2. The summed E-state index contributed by atoms with van der Waals surface area (Å²) < 4.78 is 16.4. The molecule has 0 spiro atoms. The summed E-state index contributed by atoms with van der Waals surface area (Å²) in [4.78, 5) is 16.5. The van der Waals surface area contributed by atoms with Gasteiger partial charge < -0.3 is 24.0 Å². The van der Waals surface area contributed by atoms with E-state index in [-0.39, 0.29) is 12.5 Å². The van der Waals surface area contributed by atoms with Gasteiger partial charge in [0.1, 0.15) is 17.2 Å². The SMILES string of the molecule is CCOc1cccc(OCC(=O)N2CCN(c3ccc(-c4cccc(OC)c4)nn3)CC2)c1. The number of nitrogens with zero attached hydrogens (tertiary/aromatic N) is 4. The van der Waals surface area contributed by atoms with Gasteiger partial charge in [0.05, 0.1) is 19.4 Å². The van der Waals surface area contributed by atoms with Crippen LogP contribution in [-0.4, -0.2) is 67.5 Å². The summed E-state index contributed by atoms with van der Waals surface area (Å²) in [5.74, 6) is 2.91. The molecular formula is C25H28N4O4. The summed E-state index contributed by atoms with van der Waals surface area (Å²) in [6.45, 7) is 5.13. The molecule has 0 N–H and O–H groups in total. The number of methoxy groups -OCH3 is 1. The van der Waals surface area contributed by atoms with Crippen molar-refractivity contribution in [3.63, 3.8) is 0 Å². The highest BCUT2D eigenvalue weighted by molar-refractivity contribution is 5.78. The van der Waals surface area contributed by atoms with E-state index in [0.717, 1.165) is 28.6 Å². The molecule has 0 saturated carbocycles. The van der Waals surface area contributed by atoms with Gasteiger partial charge in [0.25, 0.3) is 5.91 Å². The van der Waals surface area contributed by atoms with Gasteiger partial charge in [-0.3, -0.25) is 4.79 Å². The predicted octanol–water partition coefficient (Wildman–Crippen LogP) is 3.28. The Morgan fingerprint density at radius 3 is 2.30 bits per heavy atom. The van der Waals surface area contributed by atoms with Crippen LogP contribution < -0.4 is 19.1 Å². The van der Waals surface area contributed by atoms with Crippen LogP contribution >= 0.6 is 0 Å². The Kier molecular flexibility index (Phi) is 7.24. The monoisotopic (exact) mass is 448 g/mol. The van der Waals surface area contributed by atoms with E-state index in [2.05, 4.69) is 15.1 Å². The molecule has 2 aromatic carbocycles. The molecule has 0 radical (unpaired) electrons. The average molecular weight is 449 g/mol. The van der Waals surface area contributed by atoms with Crippen LogP contribution in [0.3, 0.4) is 0 Å². The molecule has 4 rings (SSSR count). The topological polar surface area (TPSA) is 77.0 Å². The highest BCUT2D eigenvalue weighted by atomic mass is 16.5. The number of benzene rings is 2. The molecule has 2 heterocycles. The number of hydrogen-bond donors (Lipinski definition) is 0. The molecule has 1 fully saturated rings. The predicted molar refractivity (Wildman–Crippen MR) is 126 cm³/mol. The lowest BCUT2D eigenvalue weighted by Gasteiger charge is -2.35. The number of aromatic nitrogens is 2. The summed E-state index contributed by atoms with van der Waals surface area (Å²) in [6.07, 6.45) is 0. The fourth-order valence-corrected chi connectivity index (χ4v) is 3.67. The van der Waals surface area contributed by atoms with E-state index >= 15 is 0 Å². The summed E-state index contributed by atoms with van der Waals surface area (Å²) in [6, 6.07) is 19.0. The third-order valence-corrected chi connectivity index (χ3v) is 5.45. The second-order valence-corrected chi connectivity index (χ2v) is 7.57. The fourth-order valence-electron chi connectivity index (χ4n) is 3.67. The molecule has 1 aliphatic heterocycles. The Balaban J connectivity index is 1.28. The largest absolute Gasteiger partial charge is 0.497 e. The molecule has 0 bridgehead atoms. The van der Waals surface area contributed by atoms with Crippen LogP contribution in [0.4, 0.5) is 5.82 Å².